The summed E-state index contributed by atoms with van der Waals surface area (Å²) >= 11 is 55.5. The van der Waals surface area contributed by atoms with E-state index in [0.29, 0.717) is 115 Å². The minimum atomic E-state index is -2.96. The highest BCUT2D eigenvalue weighted by molar-refractivity contribution is 6.45. The van der Waals surface area contributed by atoms with E-state index >= 15 is 0 Å². The Balaban J connectivity index is 0.000000157. The van der Waals surface area contributed by atoms with Crippen molar-refractivity contribution in [3.8, 4) is 22.7 Å². The van der Waals surface area contributed by atoms with E-state index in [4.69, 9.17) is 127 Å². The summed E-state index contributed by atoms with van der Waals surface area (Å²) in [4.78, 5) is 75.2. The van der Waals surface area contributed by atoms with Gasteiger partial charge in [0.1, 0.15) is 34.1 Å². The van der Waals surface area contributed by atoms with Gasteiger partial charge in [-0.2, -0.15) is 0 Å². The Morgan fingerprint density at radius 1 is 0.465 bits per heavy atom. The molecular formula is C72H81Cl9F2N14O4. The number of nitrogens with zero attached hydrogens (tertiary/aromatic N) is 11. The van der Waals surface area contributed by atoms with Crippen molar-refractivity contribution >= 4 is 127 Å². The molecule has 3 fully saturated rings. The lowest BCUT2D eigenvalue weighted by molar-refractivity contribution is 0.136. The fraction of sp³-hybridized carbons (Fsp3) is 0.417. The molecule has 0 saturated carbocycles. The number of aryl methyl sites for hydroxylation is 3. The van der Waals surface area contributed by atoms with Crippen LogP contribution in [0.3, 0.4) is 0 Å². The molecule has 6 N–H and O–H groups in total. The number of aromatic nitrogens is 8. The number of hydrogen-bond acceptors (Lipinski definition) is 14. The maximum Gasteiger partial charge on any atom is 0.296 e. The molecule has 4 aromatic heterocycles. The Hall–Kier alpha value is -6.11. The number of rotatable bonds is 10. The summed E-state index contributed by atoms with van der Waals surface area (Å²) in [6.45, 7) is 21.9. The van der Waals surface area contributed by atoms with E-state index in [1.807, 2.05) is 25.7 Å². The largest absolute Gasteiger partial charge is 0.356 e. The molecule has 0 spiro atoms. The molecule has 1 unspecified atom stereocenters. The van der Waals surface area contributed by atoms with E-state index in [1.54, 1.807) is 86.3 Å². The van der Waals surface area contributed by atoms with E-state index in [-0.39, 0.29) is 64.9 Å². The van der Waals surface area contributed by atoms with E-state index in [9.17, 15) is 28.0 Å². The molecule has 540 valence electrons. The van der Waals surface area contributed by atoms with Gasteiger partial charge in [0.2, 0.25) is 0 Å². The van der Waals surface area contributed by atoms with Crippen LogP contribution in [0.4, 0.5) is 26.2 Å². The molecule has 7 heterocycles. The third-order valence-electron chi connectivity index (χ3n) is 19.2. The lowest BCUT2D eigenvalue weighted by Gasteiger charge is -2.38. The Kier molecular flexibility index (Phi) is 25.4. The molecular weight excluding hydrogens is 1480 g/mol. The van der Waals surface area contributed by atoms with E-state index in [2.05, 4.69) is 46.7 Å². The first kappa shape index (κ1) is 79.0. The monoisotopic (exact) mass is 1560 g/mol. The summed E-state index contributed by atoms with van der Waals surface area (Å²) in [6, 6.07) is 22.9. The van der Waals surface area contributed by atoms with E-state index in [0.717, 1.165) is 86.1 Å². The molecule has 1 aliphatic carbocycles. The molecule has 8 aromatic rings. The normalized spacial score (nSPS) is 17.8. The topological polar surface area (TPSA) is 227 Å². The standard InChI is InChI=1S/C20H22Cl2N2O.C18H22Cl2N4O.C17H19Cl3N4O.C17H18Cl2F2N4O/c1-4-20(3)10-8-14(9-11-20)16-12-18(25)24(13(2)23-16)17-7-5-6-15(21)19(17)22;1-11-16(23-9-7-18(3,21)8-10-23)22-12(2)24(17(11)25)14-6-4-5-13(19)15(14)20;1-10-22-15(23-8-6-17(2,21)7-9-23)14(20)16(25)24(10)12-5-3-4-11(18)13(12)19;1-17(22)5-7-24(8-6-17)12-9-13(26)25(16(23-12)15(20)21)11-4-2-3-10(18)14(11)19/h5-8,12H,4,9-11H2,1-3H3;4-6H,7-10,21H2,1-3H3;3-5H,6-9,21H2,1-2H3;2-4,9,15H,5-8,22H2,1H3. The van der Waals surface area contributed by atoms with Crippen LogP contribution in [0.15, 0.2) is 110 Å². The van der Waals surface area contributed by atoms with Crippen molar-refractivity contribution in [2.75, 3.05) is 54.0 Å². The Morgan fingerprint density at radius 3 is 1.25 bits per heavy atom. The molecule has 0 amide bonds. The van der Waals surface area contributed by atoms with Gasteiger partial charge >= 0.3 is 0 Å². The number of allylic oxidation sites excluding steroid dienone is 2. The van der Waals surface area contributed by atoms with Gasteiger partial charge < -0.3 is 31.9 Å². The van der Waals surface area contributed by atoms with Crippen molar-refractivity contribution in [1.82, 2.24) is 38.2 Å². The van der Waals surface area contributed by atoms with Crippen molar-refractivity contribution in [3.05, 3.63) is 212 Å². The van der Waals surface area contributed by atoms with Crippen LogP contribution in [0.25, 0.3) is 28.3 Å². The third kappa shape index (κ3) is 18.2. The minimum absolute atomic E-state index is 0.0181. The van der Waals surface area contributed by atoms with Crippen molar-refractivity contribution in [3.63, 3.8) is 0 Å². The molecule has 18 nitrogen and oxygen atoms in total. The maximum absolute atomic E-state index is 13.7. The van der Waals surface area contributed by atoms with Gasteiger partial charge in [-0.15, -0.1) is 0 Å². The molecule has 12 rings (SSSR count). The van der Waals surface area contributed by atoms with Crippen LogP contribution < -0.4 is 54.1 Å². The molecule has 4 aromatic carbocycles. The lowest BCUT2D eigenvalue weighted by atomic mass is 9.74. The highest BCUT2D eigenvalue weighted by Crippen LogP contribution is 2.41. The van der Waals surface area contributed by atoms with Crippen LogP contribution in [0.5, 0.6) is 0 Å². The second-order valence-electron chi connectivity index (χ2n) is 27.3. The van der Waals surface area contributed by atoms with Gasteiger partial charge in [0.15, 0.2) is 11.6 Å². The quantitative estimate of drug-likeness (QED) is 0.116. The predicted molar refractivity (Wildman–Crippen MR) is 411 cm³/mol. The Bertz CT molecular complexity index is 4540. The number of benzene rings is 4. The number of halogens is 11. The summed E-state index contributed by atoms with van der Waals surface area (Å²) in [6.07, 6.45) is 8.29. The van der Waals surface area contributed by atoms with Crippen LogP contribution in [0.1, 0.15) is 140 Å². The Morgan fingerprint density at radius 2 is 0.842 bits per heavy atom. The zero-order chi connectivity index (χ0) is 74.0. The smallest absolute Gasteiger partial charge is 0.296 e. The Labute approximate surface area is 630 Å². The minimum Gasteiger partial charge on any atom is -0.356 e. The first-order valence-corrected chi connectivity index (χ1v) is 36.4. The van der Waals surface area contributed by atoms with Gasteiger partial charge in [-0.1, -0.05) is 155 Å². The van der Waals surface area contributed by atoms with Crippen LogP contribution in [-0.2, 0) is 0 Å². The molecule has 3 aliphatic heterocycles. The first-order valence-electron chi connectivity index (χ1n) is 33.0. The van der Waals surface area contributed by atoms with Gasteiger partial charge in [-0.05, 0) is 166 Å². The molecule has 3 saturated heterocycles. The summed E-state index contributed by atoms with van der Waals surface area (Å²) in [5, 5.41) is 2.44. The summed E-state index contributed by atoms with van der Waals surface area (Å²) in [5.41, 5.74) is 21.1. The van der Waals surface area contributed by atoms with Gasteiger partial charge in [0.25, 0.3) is 28.7 Å². The second kappa shape index (κ2) is 32.5. The highest BCUT2D eigenvalue weighted by Gasteiger charge is 2.33. The first-order chi connectivity index (χ1) is 47.5. The van der Waals surface area contributed by atoms with Gasteiger partial charge in [0.05, 0.1) is 74.2 Å². The van der Waals surface area contributed by atoms with Crippen molar-refractivity contribution in [2.45, 2.75) is 150 Å². The van der Waals surface area contributed by atoms with E-state index in [1.165, 1.54) is 38.0 Å². The highest BCUT2D eigenvalue weighted by atomic mass is 35.5. The molecule has 1 atom stereocenters. The van der Waals surface area contributed by atoms with Gasteiger partial charge in [0, 0.05) is 68.0 Å². The van der Waals surface area contributed by atoms with Gasteiger partial charge in [-0.25, -0.2) is 28.7 Å². The number of hydrogen-bond donors (Lipinski definition) is 3. The summed E-state index contributed by atoms with van der Waals surface area (Å²) in [7, 11) is 0. The number of alkyl halides is 2. The van der Waals surface area contributed by atoms with Crippen LogP contribution in [0, 0.1) is 33.1 Å². The molecule has 4 aliphatic rings. The fourth-order valence-electron chi connectivity index (χ4n) is 12.4. The average Bonchev–Trinajstić information content (AvgIpc) is 0.787. The van der Waals surface area contributed by atoms with Crippen molar-refractivity contribution < 1.29 is 8.78 Å². The second-order valence-corrected chi connectivity index (χ2v) is 30.8. The zero-order valence-corrected chi connectivity index (χ0v) is 64.3. The third-order valence-corrected chi connectivity index (χ3v) is 22.8. The maximum atomic E-state index is 13.7. The molecule has 101 heavy (non-hydrogen) atoms. The average molecular weight is 1560 g/mol. The molecule has 29 heteroatoms. The lowest BCUT2D eigenvalue weighted by Crippen LogP contribution is -2.49. The number of anilines is 3. The predicted octanol–water partition coefficient (Wildman–Crippen LogP) is 16.9. The van der Waals surface area contributed by atoms with Gasteiger partial charge in [-0.3, -0.25) is 37.4 Å². The van der Waals surface area contributed by atoms with Crippen molar-refractivity contribution in [2.24, 2.45) is 22.6 Å². The number of nitrogens with two attached hydrogens (primary N) is 3. The molecule has 0 radical (unpaired) electrons. The SMILES string of the molecule is CC1(N)CCN(c2cc(=O)n(-c3cccc(Cl)c3Cl)c(C(F)F)n2)CC1.CCC1(C)CC=C(c2cc(=O)n(-c3cccc(Cl)c3Cl)c(C)n2)CC1.Cc1c(N2CCC(C)(N)CC2)nc(C)n(-c2cccc(Cl)c2Cl)c1=O.Cc1nc(N2CCC(C)(N)CC2)c(Cl)c(=O)n1-c1cccc(Cl)c1Cl. The summed E-state index contributed by atoms with van der Waals surface area (Å²) in [5.74, 6) is 2.45. The zero-order valence-electron chi connectivity index (χ0n) is 57.5. The number of piperidine rings is 3. The fourth-order valence-corrected chi connectivity index (χ4v) is 14.2. The molecule has 0 bridgehead atoms. The van der Waals surface area contributed by atoms with Crippen LogP contribution >= 0.6 is 104 Å². The summed E-state index contributed by atoms with van der Waals surface area (Å²) < 4.78 is 32.5. The van der Waals surface area contributed by atoms with E-state index < -0.39 is 17.8 Å². The van der Waals surface area contributed by atoms with Crippen LogP contribution in [-0.4, -0.2) is 94.1 Å². The van der Waals surface area contributed by atoms with Crippen LogP contribution in [0.2, 0.25) is 45.2 Å². The van der Waals surface area contributed by atoms with Crippen molar-refractivity contribution in [1.29, 1.82) is 0 Å².